The van der Waals surface area contributed by atoms with Crippen molar-refractivity contribution in [2.24, 2.45) is 5.73 Å². The average Bonchev–Trinajstić information content (AvgIpc) is 2.30. The van der Waals surface area contributed by atoms with E-state index in [0.29, 0.717) is 5.82 Å². The Morgan fingerprint density at radius 3 is 2.40 bits per heavy atom. The predicted octanol–water partition coefficient (Wildman–Crippen LogP) is 0.637. The molecule has 0 atom stereocenters. The van der Waals surface area contributed by atoms with Gasteiger partial charge in [0.2, 0.25) is 0 Å². The molecule has 2 rings (SSSR count). The number of primary amides is 1. The molecule has 0 bridgehead atoms. The van der Waals surface area contributed by atoms with Gasteiger partial charge in [0, 0.05) is 24.2 Å². The summed E-state index contributed by atoms with van der Waals surface area (Å²) in [6, 6.07) is 4.99. The van der Waals surface area contributed by atoms with Gasteiger partial charge in [0.05, 0.1) is 0 Å². The van der Waals surface area contributed by atoms with Crippen LogP contribution in [-0.4, -0.2) is 20.9 Å². The highest BCUT2D eigenvalue weighted by molar-refractivity contribution is 5.90. The van der Waals surface area contributed by atoms with Crippen LogP contribution in [0.4, 0.5) is 0 Å². The van der Waals surface area contributed by atoms with E-state index in [2.05, 4.69) is 15.0 Å². The molecule has 0 aliphatic heterocycles. The molecule has 0 aromatic carbocycles. The fraction of sp³-hybridized carbons (Fsp3) is 0. The Morgan fingerprint density at radius 2 is 1.87 bits per heavy atom. The molecule has 0 fully saturated rings. The second-order valence-corrected chi connectivity index (χ2v) is 2.87. The van der Waals surface area contributed by atoms with E-state index in [1.54, 1.807) is 30.6 Å². The highest BCUT2D eigenvalue weighted by atomic mass is 16.1. The van der Waals surface area contributed by atoms with Gasteiger partial charge in [-0.25, -0.2) is 9.97 Å². The quantitative estimate of drug-likeness (QED) is 0.771. The number of nitrogens with zero attached hydrogens (tertiary/aromatic N) is 3. The van der Waals surface area contributed by atoms with Crippen molar-refractivity contribution >= 4 is 5.91 Å². The first-order valence-corrected chi connectivity index (χ1v) is 4.30. The first-order valence-electron chi connectivity index (χ1n) is 4.30. The molecule has 2 heterocycles. The summed E-state index contributed by atoms with van der Waals surface area (Å²) in [4.78, 5) is 22.8. The van der Waals surface area contributed by atoms with Crippen LogP contribution in [-0.2, 0) is 0 Å². The summed E-state index contributed by atoms with van der Waals surface area (Å²) in [6.45, 7) is 0. The minimum atomic E-state index is -0.546. The summed E-state index contributed by atoms with van der Waals surface area (Å²) in [6.07, 6.45) is 4.81. The molecule has 0 spiro atoms. The molecule has 0 aliphatic carbocycles. The lowest BCUT2D eigenvalue weighted by molar-refractivity contribution is 0.0995. The molecular formula is C10H8N4O. The summed E-state index contributed by atoms with van der Waals surface area (Å²) in [5.41, 5.74) is 6.05. The maximum absolute atomic E-state index is 10.8. The van der Waals surface area contributed by atoms with Gasteiger partial charge in [-0.1, -0.05) is 0 Å². The molecule has 15 heavy (non-hydrogen) atoms. The Bertz CT molecular complexity index is 467. The Labute approximate surface area is 86.0 Å². The van der Waals surface area contributed by atoms with Crippen LogP contribution >= 0.6 is 0 Å². The van der Waals surface area contributed by atoms with Gasteiger partial charge in [-0.15, -0.1) is 0 Å². The van der Waals surface area contributed by atoms with Gasteiger partial charge in [-0.3, -0.25) is 9.78 Å². The first-order chi connectivity index (χ1) is 7.27. The second kappa shape index (κ2) is 3.83. The van der Waals surface area contributed by atoms with Crippen LogP contribution in [0.2, 0.25) is 0 Å². The van der Waals surface area contributed by atoms with Crippen molar-refractivity contribution in [3.05, 3.63) is 42.5 Å². The number of amides is 1. The van der Waals surface area contributed by atoms with Crippen molar-refractivity contribution in [2.75, 3.05) is 0 Å². The molecule has 5 heteroatoms. The molecule has 0 saturated heterocycles. The van der Waals surface area contributed by atoms with Crippen LogP contribution in [0.5, 0.6) is 0 Å². The van der Waals surface area contributed by atoms with E-state index in [1.165, 1.54) is 6.20 Å². The topological polar surface area (TPSA) is 81.8 Å². The third kappa shape index (κ3) is 1.96. The summed E-state index contributed by atoms with van der Waals surface area (Å²) < 4.78 is 0. The number of hydrogen-bond donors (Lipinski definition) is 1. The highest BCUT2D eigenvalue weighted by Gasteiger charge is 2.03. The predicted molar refractivity (Wildman–Crippen MR) is 53.8 cm³/mol. The monoisotopic (exact) mass is 200 g/mol. The van der Waals surface area contributed by atoms with E-state index >= 15 is 0 Å². The van der Waals surface area contributed by atoms with Crippen molar-refractivity contribution in [2.45, 2.75) is 0 Å². The molecule has 2 N–H and O–H groups in total. The fourth-order valence-electron chi connectivity index (χ4n) is 1.12. The van der Waals surface area contributed by atoms with Gasteiger partial charge in [0.25, 0.3) is 5.91 Å². The van der Waals surface area contributed by atoms with Crippen LogP contribution < -0.4 is 5.73 Å². The molecule has 0 saturated carbocycles. The van der Waals surface area contributed by atoms with Crippen LogP contribution in [0.25, 0.3) is 11.4 Å². The maximum Gasteiger partial charge on any atom is 0.267 e. The highest BCUT2D eigenvalue weighted by Crippen LogP contribution is 2.11. The number of carbonyl (C=O) groups excluding carboxylic acids is 1. The number of hydrogen-bond acceptors (Lipinski definition) is 4. The molecule has 2 aromatic heterocycles. The van der Waals surface area contributed by atoms with Crippen molar-refractivity contribution < 1.29 is 4.79 Å². The van der Waals surface area contributed by atoms with Crippen LogP contribution in [0.3, 0.4) is 0 Å². The zero-order valence-electron chi connectivity index (χ0n) is 7.79. The second-order valence-electron chi connectivity index (χ2n) is 2.87. The average molecular weight is 200 g/mol. The van der Waals surface area contributed by atoms with Gasteiger partial charge < -0.3 is 5.73 Å². The van der Waals surface area contributed by atoms with Crippen molar-refractivity contribution in [3.63, 3.8) is 0 Å². The number of carbonyl (C=O) groups is 1. The third-order valence-corrected chi connectivity index (χ3v) is 1.84. The molecular weight excluding hydrogens is 192 g/mol. The lowest BCUT2D eigenvalue weighted by atomic mass is 10.2. The normalized spacial score (nSPS) is 9.87. The van der Waals surface area contributed by atoms with E-state index in [4.69, 9.17) is 5.73 Å². The van der Waals surface area contributed by atoms with Crippen molar-refractivity contribution in [1.82, 2.24) is 15.0 Å². The van der Waals surface area contributed by atoms with Crippen LogP contribution in [0, 0.1) is 0 Å². The summed E-state index contributed by atoms with van der Waals surface area (Å²) in [7, 11) is 0. The fourth-order valence-corrected chi connectivity index (χ4v) is 1.12. The van der Waals surface area contributed by atoms with Crippen molar-refractivity contribution in [1.29, 1.82) is 0 Å². The zero-order valence-corrected chi connectivity index (χ0v) is 7.79. The molecule has 0 aliphatic rings. The smallest absolute Gasteiger partial charge is 0.267 e. The zero-order chi connectivity index (χ0) is 10.7. The lowest BCUT2D eigenvalue weighted by Crippen LogP contribution is -2.12. The Hall–Kier alpha value is -2.30. The van der Waals surface area contributed by atoms with Gasteiger partial charge >= 0.3 is 0 Å². The maximum atomic E-state index is 10.8. The number of aromatic nitrogens is 3. The summed E-state index contributed by atoms with van der Waals surface area (Å²) >= 11 is 0. The lowest BCUT2D eigenvalue weighted by Gasteiger charge is -1.99. The Balaban J connectivity index is 2.36. The van der Waals surface area contributed by atoms with Crippen molar-refractivity contribution in [3.8, 4) is 11.4 Å². The van der Waals surface area contributed by atoms with Gasteiger partial charge in [-0.2, -0.15) is 0 Å². The van der Waals surface area contributed by atoms with E-state index in [0.717, 1.165) is 5.56 Å². The summed E-state index contributed by atoms with van der Waals surface area (Å²) in [5, 5.41) is 0. The largest absolute Gasteiger partial charge is 0.364 e. The van der Waals surface area contributed by atoms with E-state index in [9.17, 15) is 4.79 Å². The van der Waals surface area contributed by atoms with Gasteiger partial charge in [0.1, 0.15) is 5.69 Å². The minimum absolute atomic E-state index is 0.231. The Morgan fingerprint density at radius 1 is 1.13 bits per heavy atom. The molecule has 2 aromatic rings. The molecule has 1 amide bonds. The third-order valence-electron chi connectivity index (χ3n) is 1.84. The van der Waals surface area contributed by atoms with Gasteiger partial charge in [0.15, 0.2) is 5.82 Å². The van der Waals surface area contributed by atoms with Gasteiger partial charge in [-0.05, 0) is 18.2 Å². The SMILES string of the molecule is NC(=O)c1ccc(-c2ncccn2)cn1. The number of pyridine rings is 1. The summed E-state index contributed by atoms with van der Waals surface area (Å²) in [5.74, 6) is 0.0246. The molecule has 0 radical (unpaired) electrons. The molecule has 5 nitrogen and oxygen atoms in total. The van der Waals surface area contributed by atoms with Crippen LogP contribution in [0.1, 0.15) is 10.5 Å². The number of rotatable bonds is 2. The number of nitrogens with two attached hydrogens (primary N) is 1. The Kier molecular flexibility index (Phi) is 2.37. The van der Waals surface area contributed by atoms with Crippen LogP contribution in [0.15, 0.2) is 36.8 Å². The van der Waals surface area contributed by atoms with E-state index in [-0.39, 0.29) is 5.69 Å². The standard InChI is InChI=1S/C10H8N4O/c11-9(15)8-3-2-7(6-14-8)10-12-4-1-5-13-10/h1-6H,(H2,11,15). The minimum Gasteiger partial charge on any atom is -0.364 e. The van der Waals surface area contributed by atoms with E-state index in [1.807, 2.05) is 0 Å². The molecule has 0 unspecified atom stereocenters. The first kappa shape index (κ1) is 9.26. The van der Waals surface area contributed by atoms with E-state index < -0.39 is 5.91 Å². The molecule has 74 valence electrons.